The number of hydrazone groups is 1. The maximum atomic E-state index is 12.9. The number of ether oxygens (including phenoxy) is 1. The number of nitrogens with one attached hydrogen (secondary N) is 1. The lowest BCUT2D eigenvalue weighted by atomic mass is 10.1. The quantitative estimate of drug-likeness (QED) is 0.342. The standard InChI is InChI=1S/C22H16BrN3O3/c1-28-20-9-8-15(23)11-14(20)13-24-26-22(27)17-12-19(21-7-4-10-29-21)25-18-6-3-2-5-16(17)18/h2-13H,1H3,(H,26,27)/b24-13-. The van der Waals surface area contributed by atoms with Crippen molar-refractivity contribution in [2.24, 2.45) is 5.10 Å². The van der Waals surface area contributed by atoms with Gasteiger partial charge in [-0.05, 0) is 42.5 Å². The predicted molar refractivity (Wildman–Crippen MR) is 115 cm³/mol. The monoisotopic (exact) mass is 449 g/mol. The highest BCUT2D eigenvalue weighted by Crippen LogP contribution is 2.25. The van der Waals surface area contributed by atoms with Crippen molar-refractivity contribution in [3.8, 4) is 17.2 Å². The van der Waals surface area contributed by atoms with Crippen LogP contribution in [-0.2, 0) is 0 Å². The highest BCUT2D eigenvalue weighted by molar-refractivity contribution is 9.10. The van der Waals surface area contributed by atoms with Crippen LogP contribution in [0.1, 0.15) is 15.9 Å². The molecular formula is C22H16BrN3O3. The molecular weight excluding hydrogens is 434 g/mol. The first-order valence-corrected chi connectivity index (χ1v) is 9.55. The van der Waals surface area contributed by atoms with Gasteiger partial charge in [-0.15, -0.1) is 0 Å². The lowest BCUT2D eigenvalue weighted by molar-refractivity contribution is 0.0956. The number of nitrogens with zero attached hydrogens (tertiary/aromatic N) is 2. The Kier molecular flexibility index (Phi) is 5.39. The summed E-state index contributed by atoms with van der Waals surface area (Å²) in [7, 11) is 1.58. The molecule has 0 radical (unpaired) electrons. The zero-order valence-corrected chi connectivity index (χ0v) is 17.0. The molecule has 0 fully saturated rings. The van der Waals surface area contributed by atoms with Crippen LogP contribution < -0.4 is 10.2 Å². The second-order valence-corrected chi connectivity index (χ2v) is 7.05. The molecule has 0 bridgehead atoms. The fourth-order valence-corrected chi connectivity index (χ4v) is 3.32. The maximum absolute atomic E-state index is 12.9. The normalized spacial score (nSPS) is 11.1. The number of pyridine rings is 1. The minimum Gasteiger partial charge on any atom is -0.496 e. The number of methoxy groups -OCH3 is 1. The molecule has 0 saturated heterocycles. The van der Waals surface area contributed by atoms with Gasteiger partial charge in [-0.2, -0.15) is 5.10 Å². The van der Waals surface area contributed by atoms with Crippen molar-refractivity contribution in [3.05, 3.63) is 82.5 Å². The first-order valence-electron chi connectivity index (χ1n) is 8.76. The predicted octanol–water partition coefficient (Wildman–Crippen LogP) is 5.03. The molecule has 6 nitrogen and oxygen atoms in total. The number of carbonyl (C=O) groups is 1. The van der Waals surface area contributed by atoms with Gasteiger partial charge in [-0.3, -0.25) is 4.79 Å². The fraction of sp³-hybridized carbons (Fsp3) is 0.0455. The van der Waals surface area contributed by atoms with Gasteiger partial charge in [0.05, 0.1) is 30.7 Å². The molecule has 2 aromatic carbocycles. The van der Waals surface area contributed by atoms with Crippen LogP contribution in [0.15, 0.2) is 80.9 Å². The van der Waals surface area contributed by atoms with E-state index in [1.54, 1.807) is 31.6 Å². The Bertz CT molecular complexity index is 1200. The Morgan fingerprint density at radius 1 is 1.17 bits per heavy atom. The van der Waals surface area contributed by atoms with E-state index in [2.05, 4.69) is 31.4 Å². The Balaban J connectivity index is 1.66. The molecule has 1 amide bonds. The number of para-hydroxylation sites is 1. The summed E-state index contributed by atoms with van der Waals surface area (Å²) in [6.07, 6.45) is 3.11. The van der Waals surface area contributed by atoms with Crippen molar-refractivity contribution >= 4 is 39.0 Å². The average molecular weight is 450 g/mol. The summed E-state index contributed by atoms with van der Waals surface area (Å²) >= 11 is 3.42. The number of halogens is 1. The van der Waals surface area contributed by atoms with E-state index >= 15 is 0 Å². The van der Waals surface area contributed by atoms with Gasteiger partial charge in [0.15, 0.2) is 5.76 Å². The van der Waals surface area contributed by atoms with Crippen LogP contribution in [-0.4, -0.2) is 24.2 Å². The zero-order valence-electron chi connectivity index (χ0n) is 15.4. The van der Waals surface area contributed by atoms with Gasteiger partial charge in [-0.25, -0.2) is 10.4 Å². The minimum atomic E-state index is -0.346. The molecule has 0 spiro atoms. The molecule has 2 aromatic heterocycles. The number of amides is 1. The van der Waals surface area contributed by atoms with E-state index in [1.807, 2.05) is 42.5 Å². The summed E-state index contributed by atoms with van der Waals surface area (Å²) in [4.78, 5) is 17.5. The topological polar surface area (TPSA) is 76.7 Å². The molecule has 1 N–H and O–H groups in total. The Morgan fingerprint density at radius 2 is 2.03 bits per heavy atom. The molecule has 29 heavy (non-hydrogen) atoms. The van der Waals surface area contributed by atoms with E-state index in [-0.39, 0.29) is 5.91 Å². The van der Waals surface area contributed by atoms with Gasteiger partial charge in [0, 0.05) is 15.4 Å². The second-order valence-electron chi connectivity index (χ2n) is 6.13. The first kappa shape index (κ1) is 18.9. The zero-order chi connectivity index (χ0) is 20.2. The van der Waals surface area contributed by atoms with Crippen LogP contribution in [0.25, 0.3) is 22.4 Å². The molecule has 0 aliphatic rings. The number of carbonyl (C=O) groups excluding carboxylic acids is 1. The van der Waals surface area contributed by atoms with Crippen molar-refractivity contribution in [1.82, 2.24) is 10.4 Å². The first-order chi connectivity index (χ1) is 14.2. The summed E-state index contributed by atoms with van der Waals surface area (Å²) in [5, 5.41) is 4.83. The lowest BCUT2D eigenvalue weighted by Gasteiger charge is -2.08. The average Bonchev–Trinajstić information content (AvgIpc) is 3.28. The van der Waals surface area contributed by atoms with Crippen LogP contribution in [0.2, 0.25) is 0 Å². The van der Waals surface area contributed by atoms with E-state index in [0.717, 1.165) is 15.4 Å². The molecule has 4 rings (SSSR count). The molecule has 0 atom stereocenters. The van der Waals surface area contributed by atoms with E-state index in [1.165, 1.54) is 6.21 Å². The van der Waals surface area contributed by atoms with E-state index < -0.39 is 0 Å². The SMILES string of the molecule is COc1ccc(Br)cc1/C=N\NC(=O)c1cc(-c2ccco2)nc2ccccc12. The third kappa shape index (κ3) is 4.05. The number of fused-ring (bicyclic) bond motifs is 1. The summed E-state index contributed by atoms with van der Waals surface area (Å²) in [6.45, 7) is 0. The summed E-state index contributed by atoms with van der Waals surface area (Å²) in [6, 6.07) is 18.3. The summed E-state index contributed by atoms with van der Waals surface area (Å²) < 4.78 is 11.6. The molecule has 2 heterocycles. The Labute approximate surface area is 175 Å². The Hall–Kier alpha value is -3.45. The molecule has 0 aliphatic heterocycles. The van der Waals surface area contributed by atoms with Crippen molar-refractivity contribution in [2.45, 2.75) is 0 Å². The minimum absolute atomic E-state index is 0.346. The lowest BCUT2D eigenvalue weighted by Crippen LogP contribution is -2.18. The van der Waals surface area contributed by atoms with Crippen molar-refractivity contribution in [1.29, 1.82) is 0 Å². The number of hydrogen-bond donors (Lipinski definition) is 1. The van der Waals surface area contributed by atoms with Gasteiger partial charge in [0.25, 0.3) is 5.91 Å². The third-order valence-electron chi connectivity index (χ3n) is 4.30. The van der Waals surface area contributed by atoms with E-state index in [0.29, 0.717) is 28.3 Å². The van der Waals surface area contributed by atoms with Gasteiger partial charge in [0.1, 0.15) is 11.4 Å². The third-order valence-corrected chi connectivity index (χ3v) is 4.79. The van der Waals surface area contributed by atoms with Crippen LogP contribution in [0.5, 0.6) is 5.75 Å². The van der Waals surface area contributed by atoms with Crippen LogP contribution in [0.4, 0.5) is 0 Å². The molecule has 0 aliphatic carbocycles. The highest BCUT2D eigenvalue weighted by Gasteiger charge is 2.14. The van der Waals surface area contributed by atoms with Gasteiger partial charge < -0.3 is 9.15 Å². The van der Waals surface area contributed by atoms with Crippen molar-refractivity contribution in [2.75, 3.05) is 7.11 Å². The maximum Gasteiger partial charge on any atom is 0.272 e. The van der Waals surface area contributed by atoms with E-state index in [9.17, 15) is 4.79 Å². The smallest absolute Gasteiger partial charge is 0.272 e. The molecule has 4 aromatic rings. The largest absolute Gasteiger partial charge is 0.496 e. The summed E-state index contributed by atoms with van der Waals surface area (Å²) in [5.41, 5.74) is 5.06. The van der Waals surface area contributed by atoms with Crippen LogP contribution >= 0.6 is 15.9 Å². The van der Waals surface area contributed by atoms with Gasteiger partial charge in [-0.1, -0.05) is 34.1 Å². The van der Waals surface area contributed by atoms with Crippen molar-refractivity contribution in [3.63, 3.8) is 0 Å². The molecule has 7 heteroatoms. The van der Waals surface area contributed by atoms with E-state index in [4.69, 9.17) is 9.15 Å². The fourth-order valence-electron chi connectivity index (χ4n) is 2.94. The molecule has 0 saturated carbocycles. The molecule has 144 valence electrons. The summed E-state index contributed by atoms with van der Waals surface area (Å²) in [5.74, 6) is 0.898. The van der Waals surface area contributed by atoms with Crippen LogP contribution in [0.3, 0.4) is 0 Å². The number of furan rings is 1. The number of benzene rings is 2. The Morgan fingerprint density at radius 3 is 2.83 bits per heavy atom. The highest BCUT2D eigenvalue weighted by atomic mass is 79.9. The van der Waals surface area contributed by atoms with Crippen molar-refractivity contribution < 1.29 is 13.9 Å². The number of rotatable bonds is 5. The molecule has 0 unspecified atom stereocenters. The van der Waals surface area contributed by atoms with Gasteiger partial charge >= 0.3 is 0 Å². The van der Waals surface area contributed by atoms with Gasteiger partial charge in [0.2, 0.25) is 0 Å². The number of hydrogen-bond acceptors (Lipinski definition) is 5. The second kappa shape index (κ2) is 8.28. The van der Waals surface area contributed by atoms with Crippen LogP contribution in [0, 0.1) is 0 Å². The number of aromatic nitrogens is 1.